The summed E-state index contributed by atoms with van der Waals surface area (Å²) < 4.78 is 2.01. The van der Waals surface area contributed by atoms with Gasteiger partial charge in [0, 0.05) is 19.4 Å². The Hall–Kier alpha value is -0.900. The molecule has 0 bridgehead atoms. The van der Waals surface area contributed by atoms with E-state index in [1.54, 1.807) is 0 Å². The van der Waals surface area contributed by atoms with Crippen molar-refractivity contribution in [1.29, 1.82) is 0 Å². The highest BCUT2D eigenvalue weighted by Crippen LogP contribution is 2.32. The molecule has 2 aliphatic rings. The SMILES string of the molecule is Cn1nc(C2CCCC2)nc1CC1CCNC1. The lowest BCUT2D eigenvalue weighted by Crippen LogP contribution is -2.13. The molecule has 1 aliphatic carbocycles. The highest BCUT2D eigenvalue weighted by atomic mass is 15.3. The van der Waals surface area contributed by atoms with Crippen LogP contribution in [0.1, 0.15) is 49.7 Å². The van der Waals surface area contributed by atoms with Gasteiger partial charge in [0.25, 0.3) is 0 Å². The molecule has 1 unspecified atom stereocenters. The summed E-state index contributed by atoms with van der Waals surface area (Å²) in [5, 5.41) is 8.04. The average molecular weight is 234 g/mol. The lowest BCUT2D eigenvalue weighted by molar-refractivity contribution is 0.539. The molecular weight excluding hydrogens is 212 g/mol. The largest absolute Gasteiger partial charge is 0.316 e. The van der Waals surface area contributed by atoms with Gasteiger partial charge in [0.15, 0.2) is 5.82 Å². The van der Waals surface area contributed by atoms with Gasteiger partial charge in [0.1, 0.15) is 5.82 Å². The molecule has 0 amide bonds. The van der Waals surface area contributed by atoms with Crippen LogP contribution in [-0.4, -0.2) is 27.9 Å². The Morgan fingerprint density at radius 1 is 1.29 bits per heavy atom. The van der Waals surface area contributed by atoms with Crippen molar-refractivity contribution in [3.63, 3.8) is 0 Å². The first-order valence-electron chi connectivity index (χ1n) is 6.93. The number of nitrogens with zero attached hydrogens (tertiary/aromatic N) is 3. The van der Waals surface area contributed by atoms with Crippen LogP contribution >= 0.6 is 0 Å². The number of nitrogens with one attached hydrogen (secondary N) is 1. The second-order valence-electron chi connectivity index (χ2n) is 5.55. The molecular formula is C13H22N4. The molecule has 1 saturated heterocycles. The van der Waals surface area contributed by atoms with E-state index in [9.17, 15) is 0 Å². The maximum absolute atomic E-state index is 4.78. The van der Waals surface area contributed by atoms with Crippen molar-refractivity contribution in [2.75, 3.05) is 13.1 Å². The number of aromatic nitrogens is 3. The number of hydrogen-bond acceptors (Lipinski definition) is 3. The summed E-state index contributed by atoms with van der Waals surface area (Å²) in [7, 11) is 2.04. The van der Waals surface area contributed by atoms with Crippen molar-refractivity contribution < 1.29 is 0 Å². The molecule has 0 aromatic carbocycles. The highest BCUT2D eigenvalue weighted by Gasteiger charge is 2.23. The Morgan fingerprint density at radius 2 is 2.12 bits per heavy atom. The first kappa shape index (κ1) is 11.2. The molecule has 4 heteroatoms. The van der Waals surface area contributed by atoms with Crippen LogP contribution in [0.4, 0.5) is 0 Å². The van der Waals surface area contributed by atoms with Gasteiger partial charge in [-0.05, 0) is 38.3 Å². The molecule has 3 rings (SSSR count). The van der Waals surface area contributed by atoms with Crippen molar-refractivity contribution in [3.05, 3.63) is 11.6 Å². The van der Waals surface area contributed by atoms with Crippen LogP contribution in [0, 0.1) is 5.92 Å². The van der Waals surface area contributed by atoms with Gasteiger partial charge in [-0.2, -0.15) is 5.10 Å². The summed E-state index contributed by atoms with van der Waals surface area (Å²) in [4.78, 5) is 4.78. The summed E-state index contributed by atoms with van der Waals surface area (Å²) >= 11 is 0. The van der Waals surface area contributed by atoms with Crippen LogP contribution in [-0.2, 0) is 13.5 Å². The first-order valence-corrected chi connectivity index (χ1v) is 6.93. The molecule has 2 heterocycles. The lowest BCUT2D eigenvalue weighted by Gasteiger charge is -2.06. The Kier molecular flexibility index (Phi) is 3.14. The summed E-state index contributed by atoms with van der Waals surface area (Å²) in [6.45, 7) is 2.31. The molecule has 1 atom stereocenters. The molecule has 0 spiro atoms. The number of rotatable bonds is 3. The molecule has 1 saturated carbocycles. The van der Waals surface area contributed by atoms with Gasteiger partial charge in [0.2, 0.25) is 0 Å². The predicted octanol–water partition coefficient (Wildman–Crippen LogP) is 1.62. The van der Waals surface area contributed by atoms with E-state index in [1.807, 2.05) is 11.7 Å². The zero-order chi connectivity index (χ0) is 11.7. The van der Waals surface area contributed by atoms with Crippen LogP contribution in [0.2, 0.25) is 0 Å². The van der Waals surface area contributed by atoms with Crippen LogP contribution in [0.15, 0.2) is 0 Å². The monoisotopic (exact) mass is 234 g/mol. The fraction of sp³-hybridized carbons (Fsp3) is 0.846. The quantitative estimate of drug-likeness (QED) is 0.864. The van der Waals surface area contributed by atoms with Crippen LogP contribution < -0.4 is 5.32 Å². The second-order valence-corrected chi connectivity index (χ2v) is 5.55. The minimum atomic E-state index is 0.636. The zero-order valence-electron chi connectivity index (χ0n) is 10.7. The standard InChI is InChI=1S/C13H22N4/c1-17-12(8-10-6-7-14-9-10)15-13(16-17)11-4-2-3-5-11/h10-11,14H,2-9H2,1H3. The summed E-state index contributed by atoms with van der Waals surface area (Å²) in [6, 6.07) is 0. The minimum Gasteiger partial charge on any atom is -0.316 e. The Bertz CT molecular complexity index is 373. The van der Waals surface area contributed by atoms with Gasteiger partial charge in [-0.25, -0.2) is 4.98 Å². The predicted molar refractivity (Wildman–Crippen MR) is 66.9 cm³/mol. The van der Waals surface area contributed by atoms with E-state index in [-0.39, 0.29) is 0 Å². The molecule has 1 aliphatic heterocycles. The van der Waals surface area contributed by atoms with E-state index >= 15 is 0 Å². The third-order valence-electron chi connectivity index (χ3n) is 4.22. The van der Waals surface area contributed by atoms with Crippen molar-refractivity contribution >= 4 is 0 Å². The zero-order valence-corrected chi connectivity index (χ0v) is 10.7. The molecule has 1 aromatic rings. The van der Waals surface area contributed by atoms with Gasteiger partial charge < -0.3 is 5.32 Å². The second kappa shape index (κ2) is 4.77. The topological polar surface area (TPSA) is 42.7 Å². The number of hydrogen-bond donors (Lipinski definition) is 1. The number of aryl methyl sites for hydroxylation is 1. The summed E-state index contributed by atoms with van der Waals surface area (Å²) in [5.74, 6) is 3.68. The Balaban J connectivity index is 1.71. The Labute approximate surface area is 103 Å². The van der Waals surface area contributed by atoms with Crippen molar-refractivity contribution in [2.45, 2.75) is 44.4 Å². The van der Waals surface area contributed by atoms with Crippen molar-refractivity contribution in [2.24, 2.45) is 13.0 Å². The van der Waals surface area contributed by atoms with E-state index in [2.05, 4.69) is 10.4 Å². The molecule has 2 fully saturated rings. The van der Waals surface area contributed by atoms with Crippen molar-refractivity contribution in [3.8, 4) is 0 Å². The average Bonchev–Trinajstić information content (AvgIpc) is 3.02. The molecule has 1 aromatic heterocycles. The maximum atomic E-state index is 4.78. The normalized spacial score (nSPS) is 25.8. The van der Waals surface area contributed by atoms with E-state index in [4.69, 9.17) is 4.98 Å². The summed E-state index contributed by atoms with van der Waals surface area (Å²) in [5.41, 5.74) is 0. The van der Waals surface area contributed by atoms with Crippen LogP contribution in [0.25, 0.3) is 0 Å². The molecule has 94 valence electrons. The first-order chi connectivity index (χ1) is 8.33. The van der Waals surface area contributed by atoms with Gasteiger partial charge in [0.05, 0.1) is 0 Å². The van der Waals surface area contributed by atoms with E-state index in [0.29, 0.717) is 5.92 Å². The van der Waals surface area contributed by atoms with E-state index < -0.39 is 0 Å². The molecule has 4 nitrogen and oxygen atoms in total. The van der Waals surface area contributed by atoms with Crippen molar-refractivity contribution in [1.82, 2.24) is 20.1 Å². The van der Waals surface area contributed by atoms with E-state index in [0.717, 1.165) is 31.3 Å². The van der Waals surface area contributed by atoms with Gasteiger partial charge >= 0.3 is 0 Å². The van der Waals surface area contributed by atoms with Gasteiger partial charge in [-0.1, -0.05) is 12.8 Å². The fourth-order valence-electron chi connectivity index (χ4n) is 3.12. The Morgan fingerprint density at radius 3 is 2.82 bits per heavy atom. The molecule has 17 heavy (non-hydrogen) atoms. The van der Waals surface area contributed by atoms with Crippen LogP contribution in [0.3, 0.4) is 0 Å². The maximum Gasteiger partial charge on any atom is 0.154 e. The summed E-state index contributed by atoms with van der Waals surface area (Å²) in [6.07, 6.45) is 7.65. The third-order valence-corrected chi connectivity index (χ3v) is 4.22. The fourth-order valence-corrected chi connectivity index (χ4v) is 3.12. The highest BCUT2D eigenvalue weighted by molar-refractivity contribution is 5.02. The molecule has 1 N–H and O–H groups in total. The molecule has 0 radical (unpaired) electrons. The lowest BCUT2D eigenvalue weighted by atomic mass is 10.0. The smallest absolute Gasteiger partial charge is 0.154 e. The third kappa shape index (κ3) is 2.37. The minimum absolute atomic E-state index is 0.636. The van der Waals surface area contributed by atoms with Crippen LogP contribution in [0.5, 0.6) is 0 Å². The van der Waals surface area contributed by atoms with Gasteiger partial charge in [-0.15, -0.1) is 0 Å². The van der Waals surface area contributed by atoms with E-state index in [1.165, 1.54) is 37.9 Å². The van der Waals surface area contributed by atoms with Gasteiger partial charge in [-0.3, -0.25) is 4.68 Å².